The molecule has 0 saturated carbocycles. The predicted molar refractivity (Wildman–Crippen MR) is 44.9 cm³/mol. The minimum absolute atomic E-state index is 0.328. The fourth-order valence-electron chi connectivity index (χ4n) is 0.430. The Morgan fingerprint density at radius 3 is 2.55 bits per heavy atom. The molecule has 0 aromatic carbocycles. The van der Waals surface area contributed by atoms with Gasteiger partial charge in [-0.1, -0.05) is 31.7 Å². The first kappa shape index (κ1) is 9.69. The summed E-state index contributed by atoms with van der Waals surface area (Å²) < 4.78 is 4.43. The van der Waals surface area contributed by atoms with Crippen molar-refractivity contribution >= 4 is 6.47 Å². The third kappa shape index (κ3) is 5.15. The van der Waals surface area contributed by atoms with Gasteiger partial charge in [-0.3, -0.25) is 4.79 Å². The molecule has 11 heavy (non-hydrogen) atoms. The van der Waals surface area contributed by atoms with Crippen molar-refractivity contribution in [3.05, 3.63) is 36.6 Å². The molecule has 0 saturated heterocycles. The summed E-state index contributed by atoms with van der Waals surface area (Å²) >= 11 is 0. The van der Waals surface area contributed by atoms with Gasteiger partial charge < -0.3 is 4.74 Å². The van der Waals surface area contributed by atoms with Crippen LogP contribution in [-0.2, 0) is 9.53 Å². The van der Waals surface area contributed by atoms with Crippen LogP contribution in [-0.4, -0.2) is 6.47 Å². The van der Waals surface area contributed by atoms with Gasteiger partial charge in [0.25, 0.3) is 6.47 Å². The fourth-order valence-corrected chi connectivity index (χ4v) is 0.430. The molecule has 2 heteroatoms. The zero-order valence-electron chi connectivity index (χ0n) is 6.67. The van der Waals surface area contributed by atoms with Crippen LogP contribution in [0.2, 0.25) is 0 Å². The van der Waals surface area contributed by atoms with Crippen LogP contribution in [0.1, 0.15) is 13.3 Å². The highest BCUT2D eigenvalue weighted by Gasteiger charge is 1.85. The number of hydrogen-bond donors (Lipinski definition) is 0. The summed E-state index contributed by atoms with van der Waals surface area (Å²) in [4.78, 5) is 9.79. The topological polar surface area (TPSA) is 26.3 Å². The monoisotopic (exact) mass is 152 g/mol. The molecule has 0 aromatic rings. The van der Waals surface area contributed by atoms with E-state index in [1.807, 2.05) is 6.92 Å². The third-order valence-electron chi connectivity index (χ3n) is 1.16. The lowest BCUT2D eigenvalue weighted by molar-refractivity contribution is -0.124. The summed E-state index contributed by atoms with van der Waals surface area (Å²) in [6.07, 6.45) is 4.26. The Hall–Kier alpha value is -1.31. The second kappa shape index (κ2) is 5.47. The van der Waals surface area contributed by atoms with Crippen molar-refractivity contribution in [3.8, 4) is 0 Å². The van der Waals surface area contributed by atoms with Crippen LogP contribution in [0, 0.1) is 0 Å². The highest BCUT2D eigenvalue weighted by Crippen LogP contribution is 2.01. The molecule has 2 nitrogen and oxygen atoms in total. The number of carbonyl (C=O) groups is 1. The summed E-state index contributed by atoms with van der Waals surface area (Å²) in [5.41, 5.74) is 0.973. The Kier molecular flexibility index (Phi) is 4.82. The Labute approximate surface area is 66.9 Å². The van der Waals surface area contributed by atoms with Crippen molar-refractivity contribution in [2.45, 2.75) is 13.3 Å². The lowest BCUT2D eigenvalue weighted by atomic mass is 10.2. The maximum Gasteiger partial charge on any atom is 0.298 e. The van der Waals surface area contributed by atoms with E-state index in [9.17, 15) is 4.79 Å². The van der Waals surface area contributed by atoms with Gasteiger partial charge in [-0.25, -0.2) is 0 Å². The van der Waals surface area contributed by atoms with Crippen molar-refractivity contribution in [2.75, 3.05) is 0 Å². The van der Waals surface area contributed by atoms with E-state index in [2.05, 4.69) is 17.9 Å². The summed E-state index contributed by atoms with van der Waals surface area (Å²) in [7, 11) is 0. The quantitative estimate of drug-likeness (QED) is 0.343. The van der Waals surface area contributed by atoms with E-state index in [-0.39, 0.29) is 0 Å². The Morgan fingerprint density at radius 1 is 1.45 bits per heavy atom. The first-order valence-corrected chi connectivity index (χ1v) is 3.35. The van der Waals surface area contributed by atoms with Crippen LogP contribution in [0.3, 0.4) is 0 Å². The summed E-state index contributed by atoms with van der Waals surface area (Å²) in [5.74, 6) is 0.328. The Bertz CT molecular complexity index is 190. The predicted octanol–water partition coefficient (Wildman–Crippen LogP) is 2.20. The SMILES string of the molecule is C=C(/C=C\C(=C)OC=O)CC. The molecule has 0 N–H and O–H groups in total. The van der Waals surface area contributed by atoms with Crippen molar-refractivity contribution in [2.24, 2.45) is 0 Å². The van der Waals surface area contributed by atoms with E-state index >= 15 is 0 Å². The standard InChI is InChI=1S/C9H12O2/c1-4-8(2)5-6-9(3)11-7-10/h5-7H,2-4H2,1H3/b6-5-. The molecule has 0 aliphatic heterocycles. The molecule has 0 aliphatic rings. The molecule has 0 rings (SSSR count). The largest absolute Gasteiger partial charge is 0.429 e. The molecule has 0 radical (unpaired) electrons. The maximum atomic E-state index is 9.79. The lowest BCUT2D eigenvalue weighted by Gasteiger charge is -1.94. The Morgan fingerprint density at radius 2 is 2.09 bits per heavy atom. The van der Waals surface area contributed by atoms with Crippen molar-refractivity contribution in [1.82, 2.24) is 0 Å². The molecule has 0 atom stereocenters. The minimum atomic E-state index is 0.328. The first-order valence-electron chi connectivity index (χ1n) is 3.35. The highest BCUT2D eigenvalue weighted by atomic mass is 16.5. The van der Waals surface area contributed by atoms with E-state index in [1.54, 1.807) is 12.2 Å². The van der Waals surface area contributed by atoms with Crippen molar-refractivity contribution in [3.63, 3.8) is 0 Å². The van der Waals surface area contributed by atoms with Crippen molar-refractivity contribution in [1.29, 1.82) is 0 Å². The molecule has 60 valence electrons. The highest BCUT2D eigenvalue weighted by molar-refractivity contribution is 5.41. The van der Waals surface area contributed by atoms with Crippen LogP contribution in [0.15, 0.2) is 36.6 Å². The molecule has 0 fully saturated rings. The van der Waals surface area contributed by atoms with Crippen LogP contribution >= 0.6 is 0 Å². The molecular formula is C9H12O2. The maximum absolute atomic E-state index is 9.79. The van der Waals surface area contributed by atoms with Gasteiger partial charge in [-0.15, -0.1) is 0 Å². The third-order valence-corrected chi connectivity index (χ3v) is 1.16. The van der Waals surface area contributed by atoms with Crippen LogP contribution in [0.5, 0.6) is 0 Å². The van der Waals surface area contributed by atoms with Crippen LogP contribution in [0.25, 0.3) is 0 Å². The second-order valence-corrected chi connectivity index (χ2v) is 2.03. The summed E-state index contributed by atoms with van der Waals surface area (Å²) in [6, 6.07) is 0. The van der Waals surface area contributed by atoms with Gasteiger partial charge in [0.1, 0.15) is 5.76 Å². The molecule has 0 unspecified atom stereocenters. The zero-order valence-corrected chi connectivity index (χ0v) is 6.67. The number of rotatable bonds is 5. The van der Waals surface area contributed by atoms with E-state index < -0.39 is 0 Å². The summed E-state index contributed by atoms with van der Waals surface area (Å²) in [6.45, 7) is 9.55. The second-order valence-electron chi connectivity index (χ2n) is 2.03. The van der Waals surface area contributed by atoms with Crippen LogP contribution < -0.4 is 0 Å². The Balaban J connectivity index is 3.82. The number of hydrogen-bond acceptors (Lipinski definition) is 2. The average molecular weight is 152 g/mol. The average Bonchev–Trinajstić information content (AvgIpc) is 2.01. The van der Waals surface area contributed by atoms with E-state index in [0.717, 1.165) is 12.0 Å². The first-order chi connectivity index (χ1) is 5.20. The molecule has 0 aromatic heterocycles. The van der Waals surface area contributed by atoms with Gasteiger partial charge in [0, 0.05) is 0 Å². The van der Waals surface area contributed by atoms with Crippen molar-refractivity contribution < 1.29 is 9.53 Å². The normalized spacial score (nSPS) is 9.55. The van der Waals surface area contributed by atoms with Gasteiger partial charge in [-0.05, 0) is 12.5 Å². The zero-order chi connectivity index (χ0) is 8.69. The smallest absolute Gasteiger partial charge is 0.298 e. The number of carbonyl (C=O) groups excluding carboxylic acids is 1. The van der Waals surface area contributed by atoms with Gasteiger partial charge >= 0.3 is 0 Å². The fraction of sp³-hybridized carbons (Fsp3) is 0.222. The molecule has 0 bridgehead atoms. The van der Waals surface area contributed by atoms with E-state index in [1.165, 1.54) is 0 Å². The minimum Gasteiger partial charge on any atom is -0.429 e. The number of allylic oxidation sites excluding steroid dienone is 3. The van der Waals surface area contributed by atoms with E-state index in [4.69, 9.17) is 0 Å². The van der Waals surface area contributed by atoms with Gasteiger partial charge in [0.05, 0.1) is 0 Å². The molecule has 0 heterocycles. The van der Waals surface area contributed by atoms with Gasteiger partial charge in [0.2, 0.25) is 0 Å². The molecular weight excluding hydrogens is 140 g/mol. The molecule has 0 amide bonds. The lowest BCUT2D eigenvalue weighted by Crippen LogP contribution is -1.82. The van der Waals surface area contributed by atoms with Gasteiger partial charge in [-0.2, -0.15) is 0 Å². The number of ether oxygens (including phenoxy) is 1. The van der Waals surface area contributed by atoms with Gasteiger partial charge in [0.15, 0.2) is 0 Å². The molecule has 0 spiro atoms. The summed E-state index contributed by atoms with van der Waals surface area (Å²) in [5, 5.41) is 0. The van der Waals surface area contributed by atoms with E-state index in [0.29, 0.717) is 12.2 Å². The van der Waals surface area contributed by atoms with Crippen LogP contribution in [0.4, 0.5) is 0 Å². The molecule has 0 aliphatic carbocycles.